The average Bonchev–Trinajstić information content (AvgIpc) is 2.42. The van der Waals surface area contributed by atoms with Crippen LogP contribution in [0.3, 0.4) is 0 Å². The normalized spacial score (nSPS) is 25.7. The molecule has 1 saturated heterocycles. The average molecular weight is 328 g/mol. The number of carbonyl (C=O) groups excluding carboxylic acids is 1. The highest BCUT2D eigenvalue weighted by Crippen LogP contribution is 2.20. The monoisotopic (exact) mass is 327 g/mol. The maximum atomic E-state index is 13.0. The summed E-state index contributed by atoms with van der Waals surface area (Å²) >= 11 is 0. The van der Waals surface area contributed by atoms with Crippen LogP contribution >= 0.6 is 0 Å². The smallest absolute Gasteiger partial charge is 0.239 e. The third kappa shape index (κ3) is 6.05. The number of morpholine rings is 1. The van der Waals surface area contributed by atoms with Gasteiger partial charge in [0.15, 0.2) is 0 Å². The minimum atomic E-state index is -0.0796. The van der Waals surface area contributed by atoms with Crippen LogP contribution in [0.1, 0.15) is 48.0 Å². The topological polar surface area (TPSA) is 58.8 Å². The summed E-state index contributed by atoms with van der Waals surface area (Å²) in [6.07, 6.45) is 1.20. The molecule has 0 aliphatic carbocycles. The molecule has 4 unspecified atom stereocenters. The number of nitrogens with two attached hydrogens (primary N) is 1. The molecule has 0 aromatic rings. The largest absolute Gasteiger partial charge is 0.373 e. The van der Waals surface area contributed by atoms with E-state index >= 15 is 0 Å². The maximum Gasteiger partial charge on any atom is 0.239 e. The van der Waals surface area contributed by atoms with Gasteiger partial charge in [0.1, 0.15) is 0 Å². The van der Waals surface area contributed by atoms with Gasteiger partial charge in [0.05, 0.1) is 18.2 Å². The van der Waals surface area contributed by atoms with Gasteiger partial charge >= 0.3 is 0 Å². The van der Waals surface area contributed by atoms with Crippen molar-refractivity contribution in [3.8, 4) is 0 Å². The molecule has 23 heavy (non-hydrogen) atoms. The zero-order chi connectivity index (χ0) is 17.7. The second-order valence-electron chi connectivity index (χ2n) is 7.86. The predicted molar refractivity (Wildman–Crippen MR) is 95.3 cm³/mol. The summed E-state index contributed by atoms with van der Waals surface area (Å²) < 4.78 is 5.81. The molecular formula is C18H37N3O2. The van der Waals surface area contributed by atoms with E-state index in [4.69, 9.17) is 10.5 Å². The van der Waals surface area contributed by atoms with Gasteiger partial charge in [-0.25, -0.2) is 0 Å². The van der Waals surface area contributed by atoms with E-state index in [-0.39, 0.29) is 36.1 Å². The van der Waals surface area contributed by atoms with E-state index in [1.807, 2.05) is 11.9 Å². The SMILES string of the molecule is CC1CN(C(C(=O)N(C)CCC(N)C(C)C)C(C)C)CC(C)O1. The standard InChI is InChI=1S/C18H37N3O2/c1-12(2)16(19)8-9-20(7)18(22)17(13(3)4)21-10-14(5)23-15(6)11-21/h12-17H,8-11,19H2,1-7H3. The Morgan fingerprint density at radius 1 is 1.17 bits per heavy atom. The van der Waals surface area contributed by atoms with E-state index in [1.165, 1.54) is 0 Å². The van der Waals surface area contributed by atoms with E-state index in [0.717, 1.165) is 26.1 Å². The lowest BCUT2D eigenvalue weighted by atomic mass is 9.98. The molecule has 1 rings (SSSR count). The van der Waals surface area contributed by atoms with Gasteiger partial charge in [-0.1, -0.05) is 27.7 Å². The summed E-state index contributed by atoms with van der Waals surface area (Å²) in [4.78, 5) is 17.1. The van der Waals surface area contributed by atoms with Crippen molar-refractivity contribution in [1.29, 1.82) is 0 Å². The van der Waals surface area contributed by atoms with Crippen LogP contribution in [0.25, 0.3) is 0 Å². The first-order chi connectivity index (χ1) is 10.6. The Hall–Kier alpha value is -0.650. The van der Waals surface area contributed by atoms with Gasteiger partial charge in [-0.3, -0.25) is 9.69 Å². The fraction of sp³-hybridized carbons (Fsp3) is 0.944. The number of nitrogens with zero attached hydrogens (tertiary/aromatic N) is 2. The number of carbonyl (C=O) groups is 1. The molecule has 0 aromatic carbocycles. The first-order valence-electron chi connectivity index (χ1n) is 9.03. The number of ether oxygens (including phenoxy) is 1. The van der Waals surface area contributed by atoms with Crippen LogP contribution in [0.15, 0.2) is 0 Å². The molecule has 0 aromatic heterocycles. The van der Waals surface area contributed by atoms with Gasteiger partial charge < -0.3 is 15.4 Å². The molecule has 0 spiro atoms. The molecule has 1 amide bonds. The van der Waals surface area contributed by atoms with Crippen LogP contribution in [0.4, 0.5) is 0 Å². The number of likely N-dealkylation sites (N-methyl/N-ethyl adjacent to an activating group) is 1. The molecule has 1 heterocycles. The first-order valence-corrected chi connectivity index (χ1v) is 9.03. The van der Waals surface area contributed by atoms with Crippen LogP contribution < -0.4 is 5.73 Å². The van der Waals surface area contributed by atoms with Crippen molar-refractivity contribution < 1.29 is 9.53 Å². The van der Waals surface area contributed by atoms with Crippen molar-refractivity contribution in [1.82, 2.24) is 9.80 Å². The van der Waals surface area contributed by atoms with Gasteiger partial charge in [0, 0.05) is 32.7 Å². The highest BCUT2D eigenvalue weighted by Gasteiger charge is 2.35. The number of amides is 1. The van der Waals surface area contributed by atoms with Crippen molar-refractivity contribution in [3.63, 3.8) is 0 Å². The molecule has 0 saturated carbocycles. The third-order valence-electron chi connectivity index (χ3n) is 4.76. The Labute approximate surface area is 142 Å². The molecule has 2 N–H and O–H groups in total. The molecule has 5 heteroatoms. The summed E-state index contributed by atoms with van der Waals surface area (Å²) in [5, 5.41) is 0. The number of hydrogen-bond donors (Lipinski definition) is 1. The summed E-state index contributed by atoms with van der Waals surface area (Å²) in [6, 6.07) is 0.0651. The van der Waals surface area contributed by atoms with Gasteiger partial charge in [0.2, 0.25) is 5.91 Å². The summed E-state index contributed by atoms with van der Waals surface area (Å²) in [6.45, 7) is 15.0. The fourth-order valence-electron chi connectivity index (χ4n) is 3.32. The van der Waals surface area contributed by atoms with Crippen molar-refractivity contribution in [3.05, 3.63) is 0 Å². The van der Waals surface area contributed by atoms with E-state index < -0.39 is 0 Å². The molecular weight excluding hydrogens is 290 g/mol. The zero-order valence-corrected chi connectivity index (χ0v) is 16.1. The Balaban J connectivity index is 2.70. The maximum absolute atomic E-state index is 13.0. The zero-order valence-electron chi connectivity index (χ0n) is 16.1. The minimum absolute atomic E-state index is 0.0796. The lowest BCUT2D eigenvalue weighted by Gasteiger charge is -2.42. The lowest BCUT2D eigenvalue weighted by molar-refractivity contribution is -0.144. The van der Waals surface area contributed by atoms with E-state index in [9.17, 15) is 4.79 Å². The molecule has 1 aliphatic heterocycles. The second-order valence-corrected chi connectivity index (χ2v) is 7.86. The summed E-state index contributed by atoms with van der Waals surface area (Å²) in [5.74, 6) is 0.929. The molecule has 0 bridgehead atoms. The van der Waals surface area contributed by atoms with Gasteiger partial charge in [-0.05, 0) is 32.1 Å². The Bertz CT molecular complexity index is 363. The highest BCUT2D eigenvalue weighted by atomic mass is 16.5. The van der Waals surface area contributed by atoms with E-state index in [2.05, 4.69) is 46.4 Å². The van der Waals surface area contributed by atoms with Crippen LogP contribution in [0.5, 0.6) is 0 Å². The van der Waals surface area contributed by atoms with Crippen LogP contribution in [0, 0.1) is 11.8 Å². The second kappa shape index (κ2) is 9.00. The molecule has 5 nitrogen and oxygen atoms in total. The van der Waals surface area contributed by atoms with Crippen LogP contribution in [0.2, 0.25) is 0 Å². The summed E-state index contributed by atoms with van der Waals surface area (Å²) in [5.41, 5.74) is 6.12. The predicted octanol–water partition coefficient (Wildman–Crippen LogP) is 1.95. The quantitative estimate of drug-likeness (QED) is 0.776. The number of rotatable bonds is 7. The van der Waals surface area contributed by atoms with Gasteiger partial charge in [-0.15, -0.1) is 0 Å². The van der Waals surface area contributed by atoms with Gasteiger partial charge in [0.25, 0.3) is 0 Å². The number of hydrogen-bond acceptors (Lipinski definition) is 4. The van der Waals surface area contributed by atoms with Gasteiger partial charge in [-0.2, -0.15) is 0 Å². The third-order valence-corrected chi connectivity index (χ3v) is 4.76. The molecule has 1 fully saturated rings. The Kier molecular flexibility index (Phi) is 7.98. The highest BCUT2D eigenvalue weighted by molar-refractivity contribution is 5.82. The van der Waals surface area contributed by atoms with E-state index in [0.29, 0.717) is 5.92 Å². The minimum Gasteiger partial charge on any atom is -0.373 e. The fourth-order valence-corrected chi connectivity index (χ4v) is 3.32. The Morgan fingerprint density at radius 3 is 2.13 bits per heavy atom. The van der Waals surface area contributed by atoms with Crippen molar-refractivity contribution in [2.45, 2.75) is 72.3 Å². The van der Waals surface area contributed by atoms with Crippen LogP contribution in [-0.4, -0.2) is 66.7 Å². The van der Waals surface area contributed by atoms with Crippen molar-refractivity contribution >= 4 is 5.91 Å². The molecule has 4 atom stereocenters. The Morgan fingerprint density at radius 2 is 1.70 bits per heavy atom. The molecule has 136 valence electrons. The van der Waals surface area contributed by atoms with E-state index in [1.54, 1.807) is 0 Å². The van der Waals surface area contributed by atoms with Crippen LogP contribution in [-0.2, 0) is 9.53 Å². The summed E-state index contributed by atoms with van der Waals surface area (Å²) in [7, 11) is 1.90. The molecule has 1 aliphatic rings. The van der Waals surface area contributed by atoms with Crippen molar-refractivity contribution in [2.75, 3.05) is 26.7 Å². The lowest BCUT2D eigenvalue weighted by Crippen LogP contribution is -2.57. The molecule has 0 radical (unpaired) electrons. The first kappa shape index (κ1) is 20.4. The van der Waals surface area contributed by atoms with Crippen molar-refractivity contribution in [2.24, 2.45) is 17.6 Å².